The Morgan fingerprint density at radius 2 is 2.22 bits per heavy atom. The van der Waals surface area contributed by atoms with Crippen molar-refractivity contribution in [3.8, 4) is 0 Å². The van der Waals surface area contributed by atoms with Gasteiger partial charge in [-0.3, -0.25) is 0 Å². The van der Waals surface area contributed by atoms with E-state index in [0.29, 0.717) is 5.92 Å². The van der Waals surface area contributed by atoms with Crippen molar-refractivity contribution in [3.63, 3.8) is 0 Å². The van der Waals surface area contributed by atoms with Crippen LogP contribution in [0.15, 0.2) is 34.2 Å². The van der Waals surface area contributed by atoms with Crippen LogP contribution in [0.4, 0.5) is 0 Å². The monoisotopic (exact) mass is 323 g/mol. The molecule has 1 aromatic carbocycles. The van der Waals surface area contributed by atoms with E-state index in [0.717, 1.165) is 28.0 Å². The number of benzene rings is 1. The zero-order valence-electron chi connectivity index (χ0n) is 10.1. The molecule has 0 spiro atoms. The molecule has 3 rings (SSSR count). The standard InChI is InChI=1S/C14H14BrNOS/c1-9-6-7-14(17,13-16-12(15)8-18-13)11-5-3-2-4-10(9)11/h2-5,8-9,17H,6-7H2,1H3. The summed E-state index contributed by atoms with van der Waals surface area (Å²) in [5.41, 5.74) is 1.35. The Labute approximate surface area is 119 Å². The lowest BCUT2D eigenvalue weighted by Gasteiger charge is -2.35. The molecule has 0 fully saturated rings. The zero-order chi connectivity index (χ0) is 12.8. The van der Waals surface area contributed by atoms with Crippen molar-refractivity contribution in [2.45, 2.75) is 31.3 Å². The highest BCUT2D eigenvalue weighted by atomic mass is 79.9. The molecule has 0 saturated carbocycles. The number of halogens is 1. The number of aromatic nitrogens is 1. The van der Waals surface area contributed by atoms with E-state index in [1.165, 1.54) is 16.9 Å². The SMILES string of the molecule is CC1CCC(O)(c2nc(Br)cs2)c2ccccc21. The first-order valence-electron chi connectivity index (χ1n) is 6.04. The Balaban J connectivity index is 2.17. The number of thiazole rings is 1. The lowest BCUT2D eigenvalue weighted by atomic mass is 9.75. The van der Waals surface area contributed by atoms with Gasteiger partial charge in [-0.1, -0.05) is 31.2 Å². The summed E-state index contributed by atoms with van der Waals surface area (Å²) in [5, 5.41) is 13.8. The normalized spacial score (nSPS) is 26.9. The van der Waals surface area contributed by atoms with Gasteiger partial charge in [0.15, 0.2) is 0 Å². The van der Waals surface area contributed by atoms with Crippen LogP contribution in [0.1, 0.15) is 41.8 Å². The third-order valence-corrected chi connectivity index (χ3v) is 5.41. The molecule has 1 aliphatic carbocycles. The van der Waals surface area contributed by atoms with Crippen LogP contribution in [0, 0.1) is 0 Å². The quantitative estimate of drug-likeness (QED) is 0.859. The van der Waals surface area contributed by atoms with Crippen LogP contribution in [-0.4, -0.2) is 10.1 Å². The minimum absolute atomic E-state index is 0.505. The number of nitrogens with zero attached hydrogens (tertiary/aromatic N) is 1. The van der Waals surface area contributed by atoms with Gasteiger partial charge < -0.3 is 5.11 Å². The summed E-state index contributed by atoms with van der Waals surface area (Å²) in [4.78, 5) is 4.42. The van der Waals surface area contributed by atoms with Crippen LogP contribution in [-0.2, 0) is 5.60 Å². The van der Waals surface area contributed by atoms with Crippen LogP contribution in [0.2, 0.25) is 0 Å². The number of fused-ring (bicyclic) bond motifs is 1. The molecule has 2 aromatic rings. The molecule has 2 unspecified atom stereocenters. The third kappa shape index (κ3) is 1.83. The smallest absolute Gasteiger partial charge is 0.141 e. The van der Waals surface area contributed by atoms with Gasteiger partial charge in [0.05, 0.1) is 0 Å². The average Bonchev–Trinajstić information content (AvgIpc) is 2.82. The summed E-state index contributed by atoms with van der Waals surface area (Å²) in [5.74, 6) is 0.505. The summed E-state index contributed by atoms with van der Waals surface area (Å²) in [7, 11) is 0. The molecule has 0 amide bonds. The molecule has 18 heavy (non-hydrogen) atoms. The second-order valence-corrected chi connectivity index (χ2v) is 6.53. The molecule has 1 heterocycles. The van der Waals surface area contributed by atoms with Gasteiger partial charge in [-0.15, -0.1) is 11.3 Å². The van der Waals surface area contributed by atoms with Gasteiger partial charge in [0, 0.05) is 5.38 Å². The van der Waals surface area contributed by atoms with Crippen molar-refractivity contribution in [3.05, 3.63) is 50.4 Å². The summed E-state index contributed by atoms with van der Waals surface area (Å²) < 4.78 is 0.798. The molecular formula is C14H14BrNOS. The van der Waals surface area contributed by atoms with E-state index >= 15 is 0 Å². The largest absolute Gasteiger partial charge is 0.378 e. The van der Waals surface area contributed by atoms with Gasteiger partial charge in [0.1, 0.15) is 15.2 Å². The first kappa shape index (κ1) is 12.3. The molecular weight excluding hydrogens is 310 g/mol. The topological polar surface area (TPSA) is 33.1 Å². The van der Waals surface area contributed by atoms with Crippen LogP contribution >= 0.6 is 27.3 Å². The summed E-state index contributed by atoms with van der Waals surface area (Å²) in [6.07, 6.45) is 1.73. The molecule has 94 valence electrons. The van der Waals surface area contributed by atoms with Crippen LogP contribution in [0.5, 0.6) is 0 Å². The lowest BCUT2D eigenvalue weighted by Crippen LogP contribution is -2.32. The van der Waals surface area contributed by atoms with Gasteiger partial charge >= 0.3 is 0 Å². The molecule has 0 radical (unpaired) electrons. The van der Waals surface area contributed by atoms with E-state index in [1.807, 2.05) is 23.6 Å². The number of hydrogen-bond acceptors (Lipinski definition) is 3. The fraction of sp³-hybridized carbons (Fsp3) is 0.357. The fourth-order valence-corrected chi connectivity index (χ4v) is 4.08. The average molecular weight is 324 g/mol. The summed E-state index contributed by atoms with van der Waals surface area (Å²) in [6, 6.07) is 8.18. The summed E-state index contributed by atoms with van der Waals surface area (Å²) >= 11 is 4.87. The van der Waals surface area contributed by atoms with E-state index in [-0.39, 0.29) is 0 Å². The molecule has 0 saturated heterocycles. The highest BCUT2D eigenvalue weighted by Gasteiger charge is 2.40. The van der Waals surface area contributed by atoms with E-state index < -0.39 is 5.60 Å². The van der Waals surface area contributed by atoms with Gasteiger partial charge in [0.25, 0.3) is 0 Å². The first-order valence-corrected chi connectivity index (χ1v) is 7.72. The highest BCUT2D eigenvalue weighted by molar-refractivity contribution is 9.10. The third-order valence-electron chi connectivity index (χ3n) is 3.71. The van der Waals surface area contributed by atoms with Crippen molar-refractivity contribution >= 4 is 27.3 Å². The molecule has 1 aliphatic rings. The van der Waals surface area contributed by atoms with Crippen molar-refractivity contribution in [2.75, 3.05) is 0 Å². The maximum Gasteiger partial charge on any atom is 0.141 e. The minimum atomic E-state index is -0.917. The molecule has 1 aromatic heterocycles. The number of hydrogen-bond donors (Lipinski definition) is 1. The van der Waals surface area contributed by atoms with E-state index in [4.69, 9.17) is 0 Å². The Morgan fingerprint density at radius 3 is 2.94 bits per heavy atom. The Bertz CT molecular complexity index is 583. The molecule has 2 nitrogen and oxygen atoms in total. The summed E-state index contributed by atoms with van der Waals surface area (Å²) in [6.45, 7) is 2.22. The molecule has 0 bridgehead atoms. The molecule has 1 N–H and O–H groups in total. The maximum atomic E-state index is 11.1. The molecule has 0 aliphatic heterocycles. The van der Waals surface area contributed by atoms with Crippen molar-refractivity contribution in [1.82, 2.24) is 4.98 Å². The van der Waals surface area contributed by atoms with Gasteiger partial charge in [-0.25, -0.2) is 4.98 Å². The second kappa shape index (κ2) is 4.44. The van der Waals surface area contributed by atoms with E-state index in [9.17, 15) is 5.11 Å². The van der Waals surface area contributed by atoms with Crippen molar-refractivity contribution < 1.29 is 5.11 Å². The van der Waals surface area contributed by atoms with Crippen molar-refractivity contribution in [1.29, 1.82) is 0 Å². The Hall–Kier alpha value is -0.710. The van der Waals surface area contributed by atoms with Gasteiger partial charge in [-0.2, -0.15) is 0 Å². The van der Waals surface area contributed by atoms with Gasteiger partial charge in [0.2, 0.25) is 0 Å². The number of rotatable bonds is 1. The van der Waals surface area contributed by atoms with E-state index in [1.54, 1.807) is 0 Å². The molecule has 2 atom stereocenters. The van der Waals surface area contributed by atoms with Crippen molar-refractivity contribution in [2.24, 2.45) is 0 Å². The fourth-order valence-electron chi connectivity index (χ4n) is 2.69. The zero-order valence-corrected chi connectivity index (χ0v) is 12.5. The number of aliphatic hydroxyl groups is 1. The minimum Gasteiger partial charge on any atom is -0.378 e. The first-order chi connectivity index (χ1) is 8.61. The van der Waals surface area contributed by atoms with E-state index in [2.05, 4.69) is 33.9 Å². The Morgan fingerprint density at radius 1 is 1.44 bits per heavy atom. The Kier molecular flexibility index (Phi) is 3.04. The molecule has 4 heteroatoms. The predicted octanol–water partition coefficient (Wildman–Crippen LogP) is 4.04. The lowest BCUT2D eigenvalue weighted by molar-refractivity contribution is 0.0576. The maximum absolute atomic E-state index is 11.1. The van der Waals surface area contributed by atoms with Crippen LogP contribution in [0.3, 0.4) is 0 Å². The highest BCUT2D eigenvalue weighted by Crippen LogP contribution is 2.45. The van der Waals surface area contributed by atoms with Gasteiger partial charge in [-0.05, 0) is 45.8 Å². The second-order valence-electron chi connectivity index (χ2n) is 4.86. The van der Waals surface area contributed by atoms with Crippen LogP contribution in [0.25, 0.3) is 0 Å². The van der Waals surface area contributed by atoms with Crippen LogP contribution < -0.4 is 0 Å². The predicted molar refractivity (Wildman–Crippen MR) is 76.9 cm³/mol.